The third-order valence-electron chi connectivity index (χ3n) is 2.94. The van der Waals surface area contributed by atoms with Gasteiger partial charge in [0.15, 0.2) is 0 Å². The minimum atomic E-state index is -0.160. The van der Waals surface area contributed by atoms with Gasteiger partial charge in [0.25, 0.3) is 0 Å². The predicted molar refractivity (Wildman–Crippen MR) is 57.0 cm³/mol. The molecule has 0 aliphatic carbocycles. The lowest BCUT2D eigenvalue weighted by atomic mass is 10.0. The van der Waals surface area contributed by atoms with E-state index in [-0.39, 0.29) is 18.0 Å². The smallest absolute Gasteiger partial charge is 0.126 e. The lowest BCUT2D eigenvalue weighted by Crippen LogP contribution is -2.18. The number of aryl methyl sites for hydroxylation is 1. The van der Waals surface area contributed by atoms with E-state index in [9.17, 15) is 4.39 Å². The molecule has 2 rings (SSSR count). The zero-order chi connectivity index (χ0) is 10.8. The third kappa shape index (κ3) is 2.19. The van der Waals surface area contributed by atoms with Crippen LogP contribution in [0.1, 0.15) is 30.1 Å². The average Bonchev–Trinajstić information content (AvgIpc) is 2.70. The van der Waals surface area contributed by atoms with Crippen molar-refractivity contribution in [1.29, 1.82) is 0 Å². The van der Waals surface area contributed by atoms with Gasteiger partial charge >= 0.3 is 0 Å². The number of halogens is 1. The molecule has 0 aromatic heterocycles. The lowest BCUT2D eigenvalue weighted by molar-refractivity contribution is 0.0497. The molecule has 2 unspecified atom stereocenters. The summed E-state index contributed by atoms with van der Waals surface area (Å²) in [5, 5.41) is 0. The first-order valence-corrected chi connectivity index (χ1v) is 5.32. The summed E-state index contributed by atoms with van der Waals surface area (Å²) in [6, 6.07) is 5.30. The molecule has 3 heteroatoms. The second-order valence-electron chi connectivity index (χ2n) is 4.07. The molecule has 82 valence electrons. The molecule has 2 N–H and O–H groups in total. The molecule has 0 bridgehead atoms. The van der Waals surface area contributed by atoms with E-state index in [1.807, 2.05) is 6.07 Å². The quantitative estimate of drug-likeness (QED) is 0.811. The summed E-state index contributed by atoms with van der Waals surface area (Å²) in [5.41, 5.74) is 7.13. The van der Waals surface area contributed by atoms with E-state index in [4.69, 9.17) is 10.5 Å². The minimum absolute atomic E-state index is 0.0219. The van der Waals surface area contributed by atoms with Crippen LogP contribution in [0.2, 0.25) is 0 Å². The first-order valence-electron chi connectivity index (χ1n) is 5.32. The predicted octanol–water partition coefficient (Wildman–Crippen LogP) is 2.31. The van der Waals surface area contributed by atoms with Crippen LogP contribution >= 0.6 is 0 Å². The summed E-state index contributed by atoms with van der Waals surface area (Å²) in [6.45, 7) is 2.31. The van der Waals surface area contributed by atoms with Crippen molar-refractivity contribution in [2.24, 2.45) is 5.73 Å². The number of benzene rings is 1. The molecule has 0 saturated carbocycles. The van der Waals surface area contributed by atoms with Gasteiger partial charge in [0.1, 0.15) is 5.82 Å². The Morgan fingerprint density at radius 2 is 2.27 bits per heavy atom. The summed E-state index contributed by atoms with van der Waals surface area (Å²) in [4.78, 5) is 0. The van der Waals surface area contributed by atoms with Gasteiger partial charge in [0.2, 0.25) is 0 Å². The lowest BCUT2D eigenvalue weighted by Gasteiger charge is -2.13. The number of hydrogen-bond donors (Lipinski definition) is 1. The minimum Gasteiger partial charge on any atom is -0.369 e. The van der Waals surface area contributed by atoms with Crippen molar-refractivity contribution in [3.8, 4) is 0 Å². The molecular formula is C12H16FNO. The van der Waals surface area contributed by atoms with E-state index < -0.39 is 0 Å². The Morgan fingerprint density at radius 1 is 1.47 bits per heavy atom. The summed E-state index contributed by atoms with van der Waals surface area (Å²) >= 11 is 0. The highest BCUT2D eigenvalue weighted by Crippen LogP contribution is 2.32. The largest absolute Gasteiger partial charge is 0.369 e. The molecule has 1 heterocycles. The van der Waals surface area contributed by atoms with Gasteiger partial charge in [0, 0.05) is 6.54 Å². The van der Waals surface area contributed by atoms with Gasteiger partial charge in [-0.25, -0.2) is 4.39 Å². The Labute approximate surface area is 89.2 Å². The zero-order valence-corrected chi connectivity index (χ0v) is 8.87. The maximum Gasteiger partial charge on any atom is 0.126 e. The van der Waals surface area contributed by atoms with Crippen molar-refractivity contribution in [2.75, 3.05) is 6.54 Å². The first kappa shape index (κ1) is 10.6. The number of ether oxygens (including phenoxy) is 1. The van der Waals surface area contributed by atoms with E-state index in [1.54, 1.807) is 19.1 Å². The molecule has 2 nitrogen and oxygen atoms in total. The molecule has 1 aromatic carbocycles. The summed E-state index contributed by atoms with van der Waals surface area (Å²) < 4.78 is 19.0. The van der Waals surface area contributed by atoms with Crippen molar-refractivity contribution in [1.82, 2.24) is 0 Å². The van der Waals surface area contributed by atoms with Crippen molar-refractivity contribution >= 4 is 0 Å². The third-order valence-corrected chi connectivity index (χ3v) is 2.94. The van der Waals surface area contributed by atoms with Crippen LogP contribution in [0.4, 0.5) is 4.39 Å². The second-order valence-corrected chi connectivity index (χ2v) is 4.07. The SMILES string of the molecule is Cc1ccc(C2CCC(CN)O2)cc1F. The fourth-order valence-corrected chi connectivity index (χ4v) is 1.93. The molecule has 2 atom stereocenters. The fourth-order valence-electron chi connectivity index (χ4n) is 1.93. The molecule has 0 radical (unpaired) electrons. The van der Waals surface area contributed by atoms with Crippen LogP contribution in [-0.2, 0) is 4.74 Å². The summed E-state index contributed by atoms with van der Waals surface area (Å²) in [5.74, 6) is -0.160. The highest BCUT2D eigenvalue weighted by Gasteiger charge is 2.25. The number of nitrogens with two attached hydrogens (primary N) is 1. The monoisotopic (exact) mass is 209 g/mol. The van der Waals surface area contributed by atoms with Crippen molar-refractivity contribution < 1.29 is 9.13 Å². The van der Waals surface area contributed by atoms with Gasteiger partial charge in [-0.15, -0.1) is 0 Å². The summed E-state index contributed by atoms with van der Waals surface area (Å²) in [6.07, 6.45) is 2.06. The van der Waals surface area contributed by atoms with Crippen LogP contribution in [0.15, 0.2) is 18.2 Å². The van der Waals surface area contributed by atoms with Crippen LogP contribution in [-0.4, -0.2) is 12.6 Å². The molecule has 0 spiro atoms. The molecule has 15 heavy (non-hydrogen) atoms. The van der Waals surface area contributed by atoms with Gasteiger partial charge in [0.05, 0.1) is 12.2 Å². The van der Waals surface area contributed by atoms with Gasteiger partial charge in [-0.1, -0.05) is 12.1 Å². The molecular weight excluding hydrogens is 193 g/mol. The summed E-state index contributed by atoms with van der Waals surface area (Å²) in [7, 11) is 0. The van der Waals surface area contributed by atoms with Gasteiger partial charge in [-0.05, 0) is 37.0 Å². The molecule has 1 aliphatic rings. The second kappa shape index (κ2) is 4.29. The van der Waals surface area contributed by atoms with E-state index in [0.717, 1.165) is 18.4 Å². The van der Waals surface area contributed by atoms with E-state index in [2.05, 4.69) is 0 Å². The maximum atomic E-state index is 13.3. The fraction of sp³-hybridized carbons (Fsp3) is 0.500. The number of rotatable bonds is 2. The van der Waals surface area contributed by atoms with E-state index >= 15 is 0 Å². The molecule has 1 fully saturated rings. The van der Waals surface area contributed by atoms with E-state index in [0.29, 0.717) is 12.1 Å². The standard InChI is InChI=1S/C12H16FNO/c1-8-2-3-9(6-11(8)13)12-5-4-10(7-14)15-12/h2-3,6,10,12H,4-5,7,14H2,1H3. The molecule has 1 saturated heterocycles. The van der Waals surface area contributed by atoms with Crippen LogP contribution in [0.25, 0.3) is 0 Å². The Morgan fingerprint density at radius 3 is 2.87 bits per heavy atom. The van der Waals surface area contributed by atoms with Crippen molar-refractivity contribution in [2.45, 2.75) is 32.0 Å². The number of hydrogen-bond acceptors (Lipinski definition) is 2. The molecule has 1 aliphatic heterocycles. The first-order chi connectivity index (χ1) is 7.20. The average molecular weight is 209 g/mol. The Kier molecular flexibility index (Phi) is 3.03. The highest BCUT2D eigenvalue weighted by atomic mass is 19.1. The Bertz CT molecular complexity index is 353. The van der Waals surface area contributed by atoms with Crippen molar-refractivity contribution in [3.05, 3.63) is 35.1 Å². The molecule has 0 amide bonds. The van der Waals surface area contributed by atoms with Crippen molar-refractivity contribution in [3.63, 3.8) is 0 Å². The zero-order valence-electron chi connectivity index (χ0n) is 8.87. The normalized spacial score (nSPS) is 25.8. The van der Waals surface area contributed by atoms with Crippen LogP contribution in [0.3, 0.4) is 0 Å². The highest BCUT2D eigenvalue weighted by molar-refractivity contribution is 5.25. The topological polar surface area (TPSA) is 35.2 Å². The maximum absolute atomic E-state index is 13.3. The van der Waals surface area contributed by atoms with Crippen LogP contribution in [0.5, 0.6) is 0 Å². The van der Waals surface area contributed by atoms with E-state index in [1.165, 1.54) is 0 Å². The van der Waals surface area contributed by atoms with Crippen LogP contribution < -0.4 is 5.73 Å². The Balaban J connectivity index is 2.13. The molecule has 1 aromatic rings. The van der Waals surface area contributed by atoms with Gasteiger partial charge < -0.3 is 10.5 Å². The van der Waals surface area contributed by atoms with Gasteiger partial charge in [-0.3, -0.25) is 0 Å². The van der Waals surface area contributed by atoms with Gasteiger partial charge in [-0.2, -0.15) is 0 Å². The Hall–Kier alpha value is -0.930. The van der Waals surface area contributed by atoms with Crippen LogP contribution in [0, 0.1) is 12.7 Å².